The lowest BCUT2D eigenvalue weighted by atomic mass is 10.1. The number of rotatable bonds is 4. The number of carbonyl (C=O) groups is 1. The second kappa shape index (κ2) is 6.70. The third-order valence-electron chi connectivity index (χ3n) is 4.98. The minimum atomic E-state index is -0.0270. The van der Waals surface area contributed by atoms with Crippen LogP contribution in [0.1, 0.15) is 17.5 Å². The van der Waals surface area contributed by atoms with E-state index in [1.165, 1.54) is 29.3 Å². The molecule has 6 heteroatoms. The molecule has 2 aromatic carbocycles. The van der Waals surface area contributed by atoms with Gasteiger partial charge in [-0.2, -0.15) is 0 Å². The number of anilines is 1. The van der Waals surface area contributed by atoms with Gasteiger partial charge in [0.15, 0.2) is 0 Å². The van der Waals surface area contributed by atoms with Crippen molar-refractivity contribution in [3.05, 3.63) is 59.9 Å². The van der Waals surface area contributed by atoms with Crippen LogP contribution in [0.5, 0.6) is 0 Å². The van der Waals surface area contributed by atoms with Crippen LogP contribution in [0.3, 0.4) is 0 Å². The standard InChI is InChI=1S/C21H18N4OS/c26-18(24-15-9-8-13-4-3-5-14(13)10-15)11-27-21-20-19(22-12-23-21)16-6-1-2-7-17(16)25-20/h1-2,6-10,12,25H,3-5,11H2,(H,24,26). The molecule has 5 rings (SSSR count). The molecule has 1 amide bonds. The highest BCUT2D eigenvalue weighted by Gasteiger charge is 2.14. The summed E-state index contributed by atoms with van der Waals surface area (Å²) in [6.45, 7) is 0. The quantitative estimate of drug-likeness (QED) is 0.412. The van der Waals surface area contributed by atoms with Gasteiger partial charge in [-0.3, -0.25) is 4.79 Å². The van der Waals surface area contributed by atoms with Crippen molar-refractivity contribution in [2.45, 2.75) is 24.3 Å². The number of aryl methyl sites for hydroxylation is 2. The van der Waals surface area contributed by atoms with Crippen molar-refractivity contribution in [2.24, 2.45) is 0 Å². The van der Waals surface area contributed by atoms with E-state index < -0.39 is 0 Å². The molecule has 0 fully saturated rings. The Labute approximate surface area is 160 Å². The van der Waals surface area contributed by atoms with Crippen LogP contribution in [-0.4, -0.2) is 26.6 Å². The number of fused-ring (bicyclic) bond motifs is 4. The lowest BCUT2D eigenvalue weighted by Gasteiger charge is -2.07. The van der Waals surface area contributed by atoms with E-state index in [0.717, 1.165) is 45.5 Å². The van der Waals surface area contributed by atoms with E-state index in [9.17, 15) is 4.79 Å². The molecule has 0 unspecified atom stereocenters. The van der Waals surface area contributed by atoms with E-state index in [1.54, 1.807) is 6.33 Å². The molecule has 0 aliphatic heterocycles. The summed E-state index contributed by atoms with van der Waals surface area (Å²) in [7, 11) is 0. The fourth-order valence-electron chi connectivity index (χ4n) is 3.71. The number of aromatic nitrogens is 3. The van der Waals surface area contributed by atoms with E-state index >= 15 is 0 Å². The van der Waals surface area contributed by atoms with E-state index in [4.69, 9.17) is 0 Å². The van der Waals surface area contributed by atoms with Crippen LogP contribution in [0, 0.1) is 0 Å². The molecular formula is C21H18N4OS. The number of thioether (sulfide) groups is 1. The summed E-state index contributed by atoms with van der Waals surface area (Å²) in [6, 6.07) is 14.3. The lowest BCUT2D eigenvalue weighted by Crippen LogP contribution is -2.14. The van der Waals surface area contributed by atoms with Crippen LogP contribution in [0.25, 0.3) is 21.9 Å². The third kappa shape index (κ3) is 3.06. The van der Waals surface area contributed by atoms with Crippen molar-refractivity contribution < 1.29 is 4.79 Å². The topological polar surface area (TPSA) is 70.7 Å². The predicted octanol–water partition coefficient (Wildman–Crippen LogP) is 4.33. The van der Waals surface area contributed by atoms with Crippen LogP contribution in [0.4, 0.5) is 5.69 Å². The predicted molar refractivity (Wildman–Crippen MR) is 109 cm³/mol. The highest BCUT2D eigenvalue weighted by molar-refractivity contribution is 8.00. The van der Waals surface area contributed by atoms with Gasteiger partial charge in [0.05, 0.1) is 11.3 Å². The van der Waals surface area contributed by atoms with E-state index in [0.29, 0.717) is 5.75 Å². The Morgan fingerprint density at radius 1 is 1.11 bits per heavy atom. The molecule has 2 heterocycles. The maximum atomic E-state index is 12.4. The first-order valence-corrected chi connectivity index (χ1v) is 10.0. The van der Waals surface area contributed by atoms with Gasteiger partial charge < -0.3 is 10.3 Å². The van der Waals surface area contributed by atoms with Gasteiger partial charge in [0.1, 0.15) is 16.9 Å². The third-order valence-corrected chi connectivity index (χ3v) is 5.97. The minimum Gasteiger partial charge on any atom is -0.351 e. The number of hydrogen-bond acceptors (Lipinski definition) is 4. The molecule has 0 spiro atoms. The van der Waals surface area contributed by atoms with Crippen molar-refractivity contribution in [1.29, 1.82) is 0 Å². The number of hydrogen-bond donors (Lipinski definition) is 2. The number of amides is 1. The number of aromatic amines is 1. The van der Waals surface area contributed by atoms with Crippen LogP contribution < -0.4 is 5.32 Å². The summed E-state index contributed by atoms with van der Waals surface area (Å²) in [5, 5.41) is 4.86. The van der Waals surface area contributed by atoms with Crippen molar-refractivity contribution in [3.63, 3.8) is 0 Å². The number of para-hydroxylation sites is 1. The number of H-pyrrole nitrogens is 1. The molecule has 1 aliphatic carbocycles. The maximum absolute atomic E-state index is 12.4. The molecule has 0 saturated carbocycles. The first kappa shape index (κ1) is 16.3. The zero-order valence-electron chi connectivity index (χ0n) is 14.7. The number of nitrogens with one attached hydrogen (secondary N) is 2. The van der Waals surface area contributed by atoms with E-state index in [1.807, 2.05) is 30.3 Å². The van der Waals surface area contributed by atoms with Gasteiger partial charge in [0.2, 0.25) is 5.91 Å². The van der Waals surface area contributed by atoms with E-state index in [-0.39, 0.29) is 5.91 Å². The van der Waals surface area contributed by atoms with Crippen LogP contribution in [-0.2, 0) is 17.6 Å². The van der Waals surface area contributed by atoms with Crippen molar-refractivity contribution in [3.8, 4) is 0 Å². The van der Waals surface area contributed by atoms with Crippen LogP contribution >= 0.6 is 11.8 Å². The van der Waals surface area contributed by atoms with Gasteiger partial charge in [-0.25, -0.2) is 9.97 Å². The molecule has 2 aromatic heterocycles. The Morgan fingerprint density at radius 3 is 2.96 bits per heavy atom. The van der Waals surface area contributed by atoms with Crippen molar-refractivity contribution >= 4 is 45.3 Å². The molecule has 0 radical (unpaired) electrons. The highest BCUT2D eigenvalue weighted by atomic mass is 32.2. The summed E-state index contributed by atoms with van der Waals surface area (Å²) in [6.07, 6.45) is 5.01. The molecule has 2 N–H and O–H groups in total. The molecule has 0 atom stereocenters. The molecule has 0 bridgehead atoms. The molecular weight excluding hydrogens is 356 g/mol. The monoisotopic (exact) mass is 374 g/mol. The first-order valence-electron chi connectivity index (χ1n) is 9.04. The Kier molecular flexibility index (Phi) is 4.05. The molecule has 0 saturated heterocycles. The zero-order valence-corrected chi connectivity index (χ0v) is 15.5. The Morgan fingerprint density at radius 2 is 2.00 bits per heavy atom. The first-order chi connectivity index (χ1) is 13.3. The molecule has 134 valence electrons. The summed E-state index contributed by atoms with van der Waals surface area (Å²) < 4.78 is 0. The fraction of sp³-hybridized carbons (Fsp3) is 0.190. The van der Waals surface area contributed by atoms with Crippen molar-refractivity contribution in [1.82, 2.24) is 15.0 Å². The van der Waals surface area contributed by atoms with Crippen LogP contribution in [0.2, 0.25) is 0 Å². The van der Waals surface area contributed by atoms with Crippen LogP contribution in [0.15, 0.2) is 53.8 Å². The second-order valence-electron chi connectivity index (χ2n) is 6.75. The number of benzene rings is 2. The van der Waals surface area contributed by atoms with Gasteiger partial charge in [0, 0.05) is 16.6 Å². The van der Waals surface area contributed by atoms with Gasteiger partial charge in [-0.1, -0.05) is 36.0 Å². The molecule has 27 heavy (non-hydrogen) atoms. The number of nitrogens with zero attached hydrogens (tertiary/aromatic N) is 2. The fourth-order valence-corrected chi connectivity index (χ4v) is 4.46. The highest BCUT2D eigenvalue weighted by Crippen LogP contribution is 2.30. The van der Waals surface area contributed by atoms with Gasteiger partial charge in [-0.15, -0.1) is 0 Å². The SMILES string of the molecule is O=C(CSc1ncnc2c1[nH]c1ccccc12)Nc1ccc2c(c1)CCC2. The van der Waals surface area contributed by atoms with Gasteiger partial charge in [-0.05, 0) is 48.6 Å². The Hall–Kier alpha value is -2.86. The Bertz CT molecular complexity index is 1170. The summed E-state index contributed by atoms with van der Waals surface area (Å²) >= 11 is 1.42. The maximum Gasteiger partial charge on any atom is 0.234 e. The molecule has 1 aliphatic rings. The summed E-state index contributed by atoms with van der Waals surface area (Å²) in [4.78, 5) is 24.6. The largest absolute Gasteiger partial charge is 0.351 e. The van der Waals surface area contributed by atoms with E-state index in [2.05, 4.69) is 32.4 Å². The lowest BCUT2D eigenvalue weighted by molar-refractivity contribution is -0.113. The number of carbonyl (C=O) groups excluding carboxylic acids is 1. The van der Waals surface area contributed by atoms with Gasteiger partial charge >= 0.3 is 0 Å². The van der Waals surface area contributed by atoms with Gasteiger partial charge in [0.25, 0.3) is 0 Å². The normalized spacial score (nSPS) is 13.2. The average Bonchev–Trinajstić information content (AvgIpc) is 3.30. The zero-order chi connectivity index (χ0) is 18.2. The molecule has 5 nitrogen and oxygen atoms in total. The minimum absolute atomic E-state index is 0.0270. The molecule has 4 aromatic rings. The van der Waals surface area contributed by atoms with Crippen molar-refractivity contribution in [2.75, 3.05) is 11.1 Å². The second-order valence-corrected chi connectivity index (χ2v) is 7.71. The smallest absolute Gasteiger partial charge is 0.234 e. The summed E-state index contributed by atoms with van der Waals surface area (Å²) in [5.41, 5.74) is 6.44. The summed E-state index contributed by atoms with van der Waals surface area (Å²) in [5.74, 6) is 0.277. The average molecular weight is 374 g/mol. The Balaban J connectivity index is 1.33.